The van der Waals surface area contributed by atoms with Crippen molar-refractivity contribution in [2.75, 3.05) is 4.72 Å². The Bertz CT molecular complexity index is 820. The topological polar surface area (TPSA) is 96.4 Å². The number of hydrogen-bond acceptors (Lipinski definition) is 5. The van der Waals surface area contributed by atoms with E-state index in [0.29, 0.717) is 10.0 Å². The zero-order valence-corrected chi connectivity index (χ0v) is 14.4. The molecule has 0 saturated carbocycles. The van der Waals surface area contributed by atoms with Crippen molar-refractivity contribution in [1.29, 1.82) is 0 Å². The average Bonchev–Trinajstić information content (AvgIpc) is 2.76. The van der Waals surface area contributed by atoms with Gasteiger partial charge in [0.1, 0.15) is 14.9 Å². The van der Waals surface area contributed by atoms with Crippen molar-refractivity contribution in [2.24, 2.45) is 0 Å². The van der Waals surface area contributed by atoms with E-state index in [-0.39, 0.29) is 20.6 Å². The molecule has 0 saturated heterocycles. The minimum absolute atomic E-state index is 0.174. The minimum atomic E-state index is -4.03. The first-order valence-electron chi connectivity index (χ1n) is 5.37. The number of carbonyl (C=O) groups is 1. The normalized spacial score (nSPS) is 11.4. The highest BCUT2D eigenvalue weighted by Crippen LogP contribution is 2.30. The first kappa shape index (κ1) is 16.2. The summed E-state index contributed by atoms with van der Waals surface area (Å²) in [5, 5.41) is 10.7. The van der Waals surface area contributed by atoms with Crippen LogP contribution in [0, 0.1) is 6.92 Å². The van der Waals surface area contributed by atoms with E-state index >= 15 is 0 Å². The number of anilines is 1. The van der Waals surface area contributed by atoms with E-state index in [0.717, 1.165) is 11.3 Å². The number of carboxylic acid groups (broad SMARTS) is 1. The number of nitrogens with zero attached hydrogens (tertiary/aromatic N) is 1. The Morgan fingerprint density at radius 3 is 2.76 bits per heavy atom. The van der Waals surface area contributed by atoms with Gasteiger partial charge in [-0.25, -0.2) is 18.2 Å². The SMILES string of the molecule is Cc1csc(C(=O)O)c1S(=O)(=O)Nc1cnc(Cl)c(Br)c1. The number of rotatable bonds is 4. The minimum Gasteiger partial charge on any atom is -0.477 e. The number of nitrogens with one attached hydrogen (secondary N) is 1. The second kappa shape index (κ2) is 5.91. The molecular weight excluding hydrogens is 404 g/mol. The molecule has 6 nitrogen and oxygen atoms in total. The molecule has 0 spiro atoms. The van der Waals surface area contributed by atoms with Gasteiger partial charge < -0.3 is 5.11 Å². The summed E-state index contributed by atoms with van der Waals surface area (Å²) in [6.07, 6.45) is 1.24. The van der Waals surface area contributed by atoms with Crippen LogP contribution in [0.25, 0.3) is 0 Å². The van der Waals surface area contributed by atoms with Gasteiger partial charge in [0.15, 0.2) is 0 Å². The van der Waals surface area contributed by atoms with Crippen LogP contribution >= 0.6 is 38.9 Å². The number of sulfonamides is 1. The van der Waals surface area contributed by atoms with Gasteiger partial charge in [0.2, 0.25) is 0 Å². The summed E-state index contributed by atoms with van der Waals surface area (Å²) in [4.78, 5) is 14.4. The maximum absolute atomic E-state index is 12.4. The summed E-state index contributed by atoms with van der Waals surface area (Å²) in [6.45, 7) is 1.54. The van der Waals surface area contributed by atoms with Gasteiger partial charge in [0, 0.05) is 0 Å². The molecule has 112 valence electrons. The highest BCUT2D eigenvalue weighted by Gasteiger charge is 2.27. The van der Waals surface area contributed by atoms with E-state index in [2.05, 4.69) is 25.6 Å². The van der Waals surface area contributed by atoms with E-state index in [9.17, 15) is 13.2 Å². The van der Waals surface area contributed by atoms with Crippen LogP contribution in [0.2, 0.25) is 5.15 Å². The third kappa shape index (κ3) is 3.37. The smallest absolute Gasteiger partial charge is 0.347 e. The number of aromatic carboxylic acids is 1. The molecule has 0 radical (unpaired) electrons. The Labute approximate surface area is 138 Å². The highest BCUT2D eigenvalue weighted by molar-refractivity contribution is 9.10. The van der Waals surface area contributed by atoms with Crippen molar-refractivity contribution in [1.82, 2.24) is 4.98 Å². The van der Waals surface area contributed by atoms with Crippen molar-refractivity contribution in [3.05, 3.63) is 37.7 Å². The first-order chi connectivity index (χ1) is 9.72. The molecule has 0 aromatic carbocycles. The Morgan fingerprint density at radius 2 is 2.19 bits per heavy atom. The summed E-state index contributed by atoms with van der Waals surface area (Å²) in [6, 6.07) is 1.44. The summed E-state index contributed by atoms with van der Waals surface area (Å²) in [5.41, 5.74) is 0.541. The van der Waals surface area contributed by atoms with Crippen molar-refractivity contribution in [2.45, 2.75) is 11.8 Å². The monoisotopic (exact) mass is 410 g/mol. The van der Waals surface area contributed by atoms with Crippen LogP contribution < -0.4 is 4.72 Å². The van der Waals surface area contributed by atoms with Crippen molar-refractivity contribution < 1.29 is 18.3 Å². The summed E-state index contributed by atoms with van der Waals surface area (Å²) in [7, 11) is -4.03. The molecule has 0 aliphatic rings. The Kier molecular flexibility index (Phi) is 4.57. The second-order valence-electron chi connectivity index (χ2n) is 3.98. The first-order valence-corrected chi connectivity index (χ1v) is 8.91. The van der Waals surface area contributed by atoms with Crippen LogP contribution in [0.3, 0.4) is 0 Å². The number of hydrogen-bond donors (Lipinski definition) is 2. The predicted octanol–water partition coefficient (Wildman–Crippen LogP) is 3.37. The number of carboxylic acids is 1. The average molecular weight is 412 g/mol. The van der Waals surface area contributed by atoms with Gasteiger partial charge in [-0.15, -0.1) is 11.3 Å². The van der Waals surface area contributed by atoms with Crippen LogP contribution in [0.5, 0.6) is 0 Å². The molecule has 2 aromatic rings. The molecule has 0 aliphatic carbocycles. The molecule has 2 N–H and O–H groups in total. The number of thiophene rings is 1. The quantitative estimate of drug-likeness (QED) is 0.752. The predicted molar refractivity (Wildman–Crippen MR) is 83.8 cm³/mol. The van der Waals surface area contributed by atoms with Crippen LogP contribution in [0.15, 0.2) is 27.0 Å². The van der Waals surface area contributed by atoms with Crippen molar-refractivity contribution >= 4 is 60.5 Å². The fraction of sp³-hybridized carbons (Fsp3) is 0.0909. The van der Waals surface area contributed by atoms with Gasteiger partial charge in [-0.3, -0.25) is 4.72 Å². The van der Waals surface area contributed by atoms with Crippen LogP contribution in [-0.2, 0) is 10.0 Å². The maximum atomic E-state index is 12.4. The van der Waals surface area contributed by atoms with E-state index < -0.39 is 16.0 Å². The van der Waals surface area contributed by atoms with E-state index in [1.165, 1.54) is 24.6 Å². The zero-order valence-electron chi connectivity index (χ0n) is 10.4. The summed E-state index contributed by atoms with van der Waals surface area (Å²) < 4.78 is 27.4. The maximum Gasteiger partial charge on any atom is 0.347 e. The molecule has 0 unspecified atom stereocenters. The van der Waals surface area contributed by atoms with Crippen LogP contribution in [0.1, 0.15) is 15.2 Å². The number of aromatic nitrogens is 1. The highest BCUT2D eigenvalue weighted by atomic mass is 79.9. The molecule has 0 fully saturated rings. The standard InChI is InChI=1S/C11H8BrClN2O4S2/c1-5-4-20-8(11(16)17)9(5)21(18,19)15-6-2-7(12)10(13)14-3-6/h2-4,15H,1H3,(H,16,17). The van der Waals surface area contributed by atoms with Crippen molar-refractivity contribution in [3.63, 3.8) is 0 Å². The number of halogens is 2. The van der Waals surface area contributed by atoms with Crippen molar-refractivity contribution in [3.8, 4) is 0 Å². The largest absolute Gasteiger partial charge is 0.477 e. The van der Waals surface area contributed by atoms with Gasteiger partial charge in [0.25, 0.3) is 10.0 Å². The molecule has 0 atom stereocenters. The lowest BCUT2D eigenvalue weighted by Crippen LogP contribution is -2.16. The molecule has 0 amide bonds. The second-order valence-corrected chi connectivity index (χ2v) is 7.70. The third-order valence-electron chi connectivity index (χ3n) is 2.43. The van der Waals surface area contributed by atoms with Gasteiger partial charge in [-0.2, -0.15) is 0 Å². The van der Waals surface area contributed by atoms with E-state index in [4.69, 9.17) is 16.7 Å². The fourth-order valence-corrected chi connectivity index (χ4v) is 4.72. The van der Waals surface area contributed by atoms with E-state index in [1.54, 1.807) is 0 Å². The molecule has 2 rings (SSSR count). The third-order valence-corrected chi connectivity index (χ3v) is 6.35. The Morgan fingerprint density at radius 1 is 1.52 bits per heavy atom. The lowest BCUT2D eigenvalue weighted by molar-refractivity contribution is 0.0698. The number of pyridine rings is 1. The molecule has 0 bridgehead atoms. The molecule has 0 aliphatic heterocycles. The summed E-state index contributed by atoms with van der Waals surface area (Å²) >= 11 is 9.73. The molecule has 10 heteroatoms. The lowest BCUT2D eigenvalue weighted by Gasteiger charge is -2.09. The summed E-state index contributed by atoms with van der Waals surface area (Å²) in [5.74, 6) is -1.29. The molecular formula is C11H8BrClN2O4S2. The fourth-order valence-electron chi connectivity index (χ4n) is 1.60. The molecule has 2 heterocycles. The Hall–Kier alpha value is -1.16. The Balaban J connectivity index is 2.45. The lowest BCUT2D eigenvalue weighted by atomic mass is 10.3. The molecule has 2 aromatic heterocycles. The van der Waals surface area contributed by atoms with Gasteiger partial charge in [-0.05, 0) is 39.9 Å². The van der Waals surface area contributed by atoms with Gasteiger partial charge in [-0.1, -0.05) is 11.6 Å². The van der Waals surface area contributed by atoms with E-state index in [1.807, 2.05) is 0 Å². The van der Waals surface area contributed by atoms with Gasteiger partial charge in [0.05, 0.1) is 16.4 Å². The molecule has 21 heavy (non-hydrogen) atoms. The van der Waals surface area contributed by atoms with Crippen LogP contribution in [-0.4, -0.2) is 24.5 Å². The zero-order chi connectivity index (χ0) is 15.8. The van der Waals surface area contributed by atoms with Gasteiger partial charge >= 0.3 is 5.97 Å². The number of aryl methyl sites for hydroxylation is 1. The van der Waals surface area contributed by atoms with Crippen LogP contribution in [0.4, 0.5) is 5.69 Å².